The van der Waals surface area contributed by atoms with Gasteiger partial charge in [0.15, 0.2) is 11.5 Å². The predicted molar refractivity (Wildman–Crippen MR) is 112 cm³/mol. The molecular formula is C23H19N3O4. The molecule has 0 N–H and O–H groups in total. The summed E-state index contributed by atoms with van der Waals surface area (Å²) < 4.78 is 13.6. The average molecular weight is 401 g/mol. The van der Waals surface area contributed by atoms with Crippen molar-refractivity contribution >= 4 is 11.0 Å². The normalized spacial score (nSPS) is 12.4. The molecule has 7 nitrogen and oxygen atoms in total. The summed E-state index contributed by atoms with van der Waals surface area (Å²) in [5, 5.41) is 0.407. The monoisotopic (exact) mass is 401 g/mol. The van der Waals surface area contributed by atoms with Crippen LogP contribution < -0.4 is 20.7 Å². The van der Waals surface area contributed by atoms with Gasteiger partial charge in [0.1, 0.15) is 5.65 Å². The highest BCUT2D eigenvalue weighted by Crippen LogP contribution is 2.32. The van der Waals surface area contributed by atoms with E-state index in [1.54, 1.807) is 35.0 Å². The SMILES string of the molecule is Cc1ccc(Cn2c(=O)n(Cc3ccc4c(c3)OCO4)c(=O)c3cccnc32)cc1. The van der Waals surface area contributed by atoms with Crippen molar-refractivity contribution in [2.45, 2.75) is 20.0 Å². The minimum absolute atomic E-state index is 0.132. The fourth-order valence-electron chi connectivity index (χ4n) is 3.63. The maximum atomic E-state index is 13.3. The first-order valence-electron chi connectivity index (χ1n) is 9.62. The van der Waals surface area contributed by atoms with Gasteiger partial charge in [-0.1, -0.05) is 35.9 Å². The standard InChI is InChI=1S/C23H19N3O4/c1-15-4-6-16(7-5-15)12-25-21-18(3-2-10-24-21)22(27)26(23(25)28)13-17-8-9-19-20(11-17)30-14-29-19/h2-11H,12-14H2,1H3. The van der Waals surface area contributed by atoms with E-state index in [-0.39, 0.29) is 18.9 Å². The van der Waals surface area contributed by atoms with Crippen molar-refractivity contribution in [1.29, 1.82) is 0 Å². The second-order valence-electron chi connectivity index (χ2n) is 7.31. The van der Waals surface area contributed by atoms with Crippen molar-refractivity contribution in [3.05, 3.63) is 98.3 Å². The lowest BCUT2D eigenvalue weighted by atomic mass is 10.1. The van der Waals surface area contributed by atoms with Gasteiger partial charge >= 0.3 is 5.69 Å². The molecule has 0 unspecified atom stereocenters. The first-order valence-corrected chi connectivity index (χ1v) is 9.62. The Bertz CT molecular complexity index is 1370. The van der Waals surface area contributed by atoms with Crippen LogP contribution in [0.5, 0.6) is 11.5 Å². The van der Waals surface area contributed by atoms with E-state index in [1.165, 1.54) is 4.57 Å². The number of hydrogen-bond donors (Lipinski definition) is 0. The molecule has 0 saturated carbocycles. The molecule has 0 spiro atoms. The third-order valence-corrected chi connectivity index (χ3v) is 5.22. The summed E-state index contributed by atoms with van der Waals surface area (Å²) in [5.41, 5.74) is 2.51. The van der Waals surface area contributed by atoms with Gasteiger partial charge < -0.3 is 9.47 Å². The van der Waals surface area contributed by atoms with Crippen LogP contribution in [0.4, 0.5) is 0 Å². The van der Waals surface area contributed by atoms with Crippen LogP contribution in [0.2, 0.25) is 0 Å². The third kappa shape index (κ3) is 3.14. The van der Waals surface area contributed by atoms with Gasteiger partial charge in [-0.15, -0.1) is 0 Å². The Kier molecular flexibility index (Phi) is 4.35. The van der Waals surface area contributed by atoms with E-state index < -0.39 is 5.69 Å². The lowest BCUT2D eigenvalue weighted by molar-refractivity contribution is 0.174. The highest BCUT2D eigenvalue weighted by molar-refractivity contribution is 5.73. The minimum atomic E-state index is -0.399. The van der Waals surface area contributed by atoms with Gasteiger partial charge in [0.05, 0.1) is 18.5 Å². The molecule has 30 heavy (non-hydrogen) atoms. The summed E-state index contributed by atoms with van der Waals surface area (Å²) in [6.07, 6.45) is 1.59. The summed E-state index contributed by atoms with van der Waals surface area (Å²) >= 11 is 0. The van der Waals surface area contributed by atoms with E-state index in [0.717, 1.165) is 16.7 Å². The number of benzene rings is 2. The Morgan fingerprint density at radius 2 is 1.63 bits per heavy atom. The van der Waals surface area contributed by atoms with Crippen LogP contribution in [0.1, 0.15) is 16.7 Å². The molecule has 0 radical (unpaired) electrons. The average Bonchev–Trinajstić information content (AvgIpc) is 3.23. The molecule has 2 aromatic heterocycles. The van der Waals surface area contributed by atoms with E-state index in [4.69, 9.17) is 9.47 Å². The highest BCUT2D eigenvalue weighted by Gasteiger charge is 2.17. The zero-order valence-corrected chi connectivity index (χ0v) is 16.4. The lowest BCUT2D eigenvalue weighted by Crippen LogP contribution is -2.40. The summed E-state index contributed by atoms with van der Waals surface area (Å²) in [5.74, 6) is 1.27. The number of aryl methyl sites for hydroxylation is 1. The van der Waals surface area contributed by atoms with Crippen LogP contribution in [0.15, 0.2) is 70.4 Å². The maximum Gasteiger partial charge on any atom is 0.333 e. The molecule has 0 aliphatic carbocycles. The summed E-state index contributed by atoms with van der Waals surface area (Å²) in [7, 11) is 0. The van der Waals surface area contributed by atoms with Crippen molar-refractivity contribution in [3.8, 4) is 11.5 Å². The van der Waals surface area contributed by atoms with Crippen molar-refractivity contribution in [2.24, 2.45) is 0 Å². The van der Waals surface area contributed by atoms with Gasteiger partial charge in [-0.3, -0.25) is 13.9 Å². The molecule has 150 valence electrons. The Balaban J connectivity index is 1.64. The second kappa shape index (κ2) is 7.18. The van der Waals surface area contributed by atoms with Gasteiger partial charge in [0.25, 0.3) is 5.56 Å². The quantitative estimate of drug-likeness (QED) is 0.526. The number of aromatic nitrogens is 3. The number of fused-ring (bicyclic) bond motifs is 2. The fraction of sp³-hybridized carbons (Fsp3) is 0.174. The summed E-state index contributed by atoms with van der Waals surface area (Å²) in [6.45, 7) is 2.64. The van der Waals surface area contributed by atoms with Crippen LogP contribution >= 0.6 is 0 Å². The molecular weight excluding hydrogens is 382 g/mol. The first-order chi connectivity index (χ1) is 14.6. The Morgan fingerprint density at radius 1 is 0.900 bits per heavy atom. The predicted octanol–water partition coefficient (Wildman–Crippen LogP) is 2.69. The number of hydrogen-bond acceptors (Lipinski definition) is 5. The molecule has 7 heteroatoms. The zero-order chi connectivity index (χ0) is 20.7. The van der Waals surface area contributed by atoms with Crippen LogP contribution in [-0.4, -0.2) is 20.9 Å². The molecule has 1 aliphatic rings. The molecule has 1 aliphatic heterocycles. The van der Waals surface area contributed by atoms with Gasteiger partial charge in [-0.05, 0) is 42.3 Å². The smallest absolute Gasteiger partial charge is 0.333 e. The van der Waals surface area contributed by atoms with E-state index >= 15 is 0 Å². The van der Waals surface area contributed by atoms with E-state index in [1.807, 2.05) is 37.3 Å². The van der Waals surface area contributed by atoms with Gasteiger partial charge in [-0.2, -0.15) is 0 Å². The van der Waals surface area contributed by atoms with Crippen molar-refractivity contribution in [3.63, 3.8) is 0 Å². The molecule has 0 saturated heterocycles. The molecule has 3 heterocycles. The number of pyridine rings is 1. The van der Waals surface area contributed by atoms with Crippen LogP contribution in [0, 0.1) is 6.92 Å². The number of rotatable bonds is 4. The summed E-state index contributed by atoms with van der Waals surface area (Å²) in [4.78, 5) is 30.8. The molecule has 0 atom stereocenters. The second-order valence-corrected chi connectivity index (χ2v) is 7.31. The maximum absolute atomic E-state index is 13.3. The van der Waals surface area contributed by atoms with Gasteiger partial charge in [0, 0.05) is 6.20 Å². The van der Waals surface area contributed by atoms with Crippen LogP contribution in [0.25, 0.3) is 11.0 Å². The molecule has 4 aromatic rings. The molecule has 0 bridgehead atoms. The fourth-order valence-corrected chi connectivity index (χ4v) is 3.63. The Hall–Kier alpha value is -3.87. The molecule has 0 fully saturated rings. The van der Waals surface area contributed by atoms with Crippen LogP contribution in [-0.2, 0) is 13.1 Å². The number of nitrogens with zero attached hydrogens (tertiary/aromatic N) is 3. The topological polar surface area (TPSA) is 75.3 Å². The van der Waals surface area contributed by atoms with Crippen LogP contribution in [0.3, 0.4) is 0 Å². The summed E-state index contributed by atoms with van der Waals surface area (Å²) in [6, 6.07) is 16.8. The van der Waals surface area contributed by atoms with E-state index in [0.29, 0.717) is 29.1 Å². The van der Waals surface area contributed by atoms with Crippen molar-refractivity contribution < 1.29 is 9.47 Å². The third-order valence-electron chi connectivity index (χ3n) is 5.22. The minimum Gasteiger partial charge on any atom is -0.454 e. The Labute approximate surface area is 171 Å². The highest BCUT2D eigenvalue weighted by atomic mass is 16.7. The zero-order valence-electron chi connectivity index (χ0n) is 16.4. The molecule has 2 aromatic carbocycles. The van der Waals surface area contributed by atoms with Gasteiger partial charge in [-0.25, -0.2) is 9.78 Å². The van der Waals surface area contributed by atoms with Crippen molar-refractivity contribution in [2.75, 3.05) is 6.79 Å². The molecule has 5 rings (SSSR count). The van der Waals surface area contributed by atoms with E-state index in [9.17, 15) is 9.59 Å². The van der Waals surface area contributed by atoms with E-state index in [2.05, 4.69) is 4.98 Å². The van der Waals surface area contributed by atoms with Crippen molar-refractivity contribution in [1.82, 2.24) is 14.1 Å². The largest absolute Gasteiger partial charge is 0.454 e. The lowest BCUT2D eigenvalue weighted by Gasteiger charge is -2.14. The van der Waals surface area contributed by atoms with Gasteiger partial charge in [0.2, 0.25) is 6.79 Å². The molecule has 0 amide bonds. The number of ether oxygens (including phenoxy) is 2. The first kappa shape index (κ1) is 18.2. The Morgan fingerprint density at radius 3 is 2.47 bits per heavy atom.